The number of carbonyl (C=O) groups excluding carboxylic acids is 1. The third-order valence-corrected chi connectivity index (χ3v) is 2.51. The average molecular weight is 204 g/mol. The van der Waals surface area contributed by atoms with Crippen LogP contribution in [0.25, 0.3) is 0 Å². The Morgan fingerprint density at radius 1 is 1.33 bits per heavy atom. The third-order valence-electron chi connectivity index (χ3n) is 2.51. The van der Waals surface area contributed by atoms with Crippen molar-refractivity contribution in [3.63, 3.8) is 0 Å². The van der Waals surface area contributed by atoms with Gasteiger partial charge in [0.2, 0.25) is 0 Å². The molecule has 0 heterocycles. The minimum absolute atomic E-state index is 0.0495. The quantitative estimate of drug-likeness (QED) is 0.776. The molecule has 3 nitrogen and oxygen atoms in total. The SMILES string of the molecule is CNCc1ccc(C(=O)NC2CC2)cc1. The van der Waals surface area contributed by atoms with Gasteiger partial charge >= 0.3 is 0 Å². The molecule has 1 aliphatic carbocycles. The molecule has 15 heavy (non-hydrogen) atoms. The maximum atomic E-state index is 11.6. The van der Waals surface area contributed by atoms with E-state index in [-0.39, 0.29) is 5.91 Å². The fourth-order valence-corrected chi connectivity index (χ4v) is 1.47. The predicted octanol–water partition coefficient (Wildman–Crippen LogP) is 1.30. The molecule has 0 unspecified atom stereocenters. The summed E-state index contributed by atoms with van der Waals surface area (Å²) in [5.41, 5.74) is 1.95. The van der Waals surface area contributed by atoms with Crippen molar-refractivity contribution in [2.24, 2.45) is 0 Å². The Balaban J connectivity index is 1.98. The van der Waals surface area contributed by atoms with Gasteiger partial charge in [0, 0.05) is 18.2 Å². The van der Waals surface area contributed by atoms with Crippen LogP contribution in [0.3, 0.4) is 0 Å². The van der Waals surface area contributed by atoms with Gasteiger partial charge in [0.05, 0.1) is 0 Å². The van der Waals surface area contributed by atoms with E-state index in [4.69, 9.17) is 0 Å². The fourth-order valence-electron chi connectivity index (χ4n) is 1.47. The summed E-state index contributed by atoms with van der Waals surface area (Å²) in [6, 6.07) is 8.15. The Labute approximate surface area is 89.9 Å². The summed E-state index contributed by atoms with van der Waals surface area (Å²) < 4.78 is 0. The second-order valence-electron chi connectivity index (χ2n) is 3.97. The van der Waals surface area contributed by atoms with E-state index in [1.165, 1.54) is 5.56 Å². The van der Waals surface area contributed by atoms with E-state index in [1.807, 2.05) is 31.3 Å². The Morgan fingerprint density at radius 3 is 2.53 bits per heavy atom. The standard InChI is InChI=1S/C12H16N2O/c1-13-8-9-2-4-10(5-3-9)12(15)14-11-6-7-11/h2-5,11,13H,6-8H2,1H3,(H,14,15). The lowest BCUT2D eigenvalue weighted by molar-refractivity contribution is 0.0951. The molecule has 3 heteroatoms. The van der Waals surface area contributed by atoms with Gasteiger partial charge < -0.3 is 10.6 Å². The van der Waals surface area contributed by atoms with Gasteiger partial charge in [-0.3, -0.25) is 4.79 Å². The topological polar surface area (TPSA) is 41.1 Å². The van der Waals surface area contributed by atoms with E-state index in [0.717, 1.165) is 24.9 Å². The average Bonchev–Trinajstić information content (AvgIpc) is 3.03. The first kappa shape index (κ1) is 10.2. The summed E-state index contributed by atoms with van der Waals surface area (Å²) in [7, 11) is 1.91. The Morgan fingerprint density at radius 2 is 2.00 bits per heavy atom. The highest BCUT2D eigenvalue weighted by Gasteiger charge is 2.23. The molecule has 1 aromatic rings. The molecule has 0 bridgehead atoms. The third kappa shape index (κ3) is 2.80. The van der Waals surface area contributed by atoms with Crippen LogP contribution < -0.4 is 10.6 Å². The lowest BCUT2D eigenvalue weighted by Crippen LogP contribution is -2.25. The fraction of sp³-hybridized carbons (Fsp3) is 0.417. The summed E-state index contributed by atoms with van der Waals surface area (Å²) in [5.74, 6) is 0.0495. The maximum Gasteiger partial charge on any atom is 0.251 e. The molecule has 2 rings (SSSR count). The van der Waals surface area contributed by atoms with E-state index in [9.17, 15) is 4.79 Å². The summed E-state index contributed by atoms with van der Waals surface area (Å²) in [4.78, 5) is 11.6. The van der Waals surface area contributed by atoms with E-state index < -0.39 is 0 Å². The van der Waals surface area contributed by atoms with Crippen LogP contribution in [-0.4, -0.2) is 19.0 Å². The highest BCUT2D eigenvalue weighted by Crippen LogP contribution is 2.19. The summed E-state index contributed by atoms with van der Waals surface area (Å²) in [5, 5.41) is 6.04. The van der Waals surface area contributed by atoms with Crippen LogP contribution >= 0.6 is 0 Å². The molecule has 80 valence electrons. The number of carbonyl (C=O) groups is 1. The molecule has 0 atom stereocenters. The zero-order valence-electron chi connectivity index (χ0n) is 8.92. The summed E-state index contributed by atoms with van der Waals surface area (Å²) >= 11 is 0. The van der Waals surface area contributed by atoms with Gasteiger partial charge in [-0.05, 0) is 37.6 Å². The molecule has 0 aromatic heterocycles. The van der Waals surface area contributed by atoms with Crippen LogP contribution in [0.15, 0.2) is 24.3 Å². The van der Waals surface area contributed by atoms with E-state index in [1.54, 1.807) is 0 Å². The highest BCUT2D eigenvalue weighted by atomic mass is 16.1. The van der Waals surface area contributed by atoms with Crippen LogP contribution in [0.4, 0.5) is 0 Å². The van der Waals surface area contributed by atoms with E-state index >= 15 is 0 Å². The monoisotopic (exact) mass is 204 g/mol. The summed E-state index contributed by atoms with van der Waals surface area (Å²) in [6.07, 6.45) is 2.26. The highest BCUT2D eigenvalue weighted by molar-refractivity contribution is 5.94. The first-order valence-corrected chi connectivity index (χ1v) is 5.34. The smallest absolute Gasteiger partial charge is 0.251 e. The van der Waals surface area contributed by atoms with Crippen LogP contribution in [0, 0.1) is 0 Å². The zero-order chi connectivity index (χ0) is 10.7. The summed E-state index contributed by atoms with van der Waals surface area (Å²) in [6.45, 7) is 0.838. The molecule has 0 saturated heterocycles. The molecule has 2 N–H and O–H groups in total. The van der Waals surface area contributed by atoms with E-state index in [0.29, 0.717) is 6.04 Å². The molecule has 0 radical (unpaired) electrons. The normalized spacial score (nSPS) is 15.0. The van der Waals surface area contributed by atoms with Gasteiger partial charge in [-0.2, -0.15) is 0 Å². The molecule has 1 saturated carbocycles. The molecule has 0 aliphatic heterocycles. The molecule has 1 amide bonds. The second-order valence-corrected chi connectivity index (χ2v) is 3.97. The number of rotatable bonds is 4. The van der Waals surface area contributed by atoms with Crippen LogP contribution in [0.1, 0.15) is 28.8 Å². The van der Waals surface area contributed by atoms with Crippen LogP contribution in [0.5, 0.6) is 0 Å². The van der Waals surface area contributed by atoms with Crippen molar-refractivity contribution in [1.82, 2.24) is 10.6 Å². The van der Waals surface area contributed by atoms with Crippen molar-refractivity contribution < 1.29 is 4.79 Å². The van der Waals surface area contributed by atoms with E-state index in [2.05, 4.69) is 10.6 Å². The van der Waals surface area contributed by atoms with Crippen LogP contribution in [0.2, 0.25) is 0 Å². The number of nitrogens with one attached hydrogen (secondary N) is 2. The minimum atomic E-state index is 0.0495. The first-order chi connectivity index (χ1) is 7.29. The molecule has 1 fully saturated rings. The Bertz CT molecular complexity index is 341. The van der Waals surface area contributed by atoms with Crippen molar-refractivity contribution in [2.75, 3.05) is 7.05 Å². The van der Waals surface area contributed by atoms with Crippen molar-refractivity contribution in [3.8, 4) is 0 Å². The number of hydrogen-bond acceptors (Lipinski definition) is 2. The number of amides is 1. The van der Waals surface area contributed by atoms with Crippen LogP contribution in [-0.2, 0) is 6.54 Å². The Hall–Kier alpha value is -1.35. The van der Waals surface area contributed by atoms with Gasteiger partial charge in [-0.1, -0.05) is 12.1 Å². The molecule has 0 spiro atoms. The van der Waals surface area contributed by atoms with Gasteiger partial charge in [0.15, 0.2) is 0 Å². The molecule has 1 aliphatic rings. The molecular formula is C12H16N2O. The lowest BCUT2D eigenvalue weighted by atomic mass is 10.1. The van der Waals surface area contributed by atoms with Crippen molar-refractivity contribution >= 4 is 5.91 Å². The zero-order valence-corrected chi connectivity index (χ0v) is 8.92. The molecular weight excluding hydrogens is 188 g/mol. The van der Waals surface area contributed by atoms with Crippen molar-refractivity contribution in [1.29, 1.82) is 0 Å². The molecule has 1 aromatic carbocycles. The predicted molar refractivity (Wildman–Crippen MR) is 59.7 cm³/mol. The van der Waals surface area contributed by atoms with Gasteiger partial charge in [-0.15, -0.1) is 0 Å². The first-order valence-electron chi connectivity index (χ1n) is 5.34. The largest absolute Gasteiger partial charge is 0.349 e. The van der Waals surface area contributed by atoms with Crippen molar-refractivity contribution in [2.45, 2.75) is 25.4 Å². The van der Waals surface area contributed by atoms with Crippen molar-refractivity contribution in [3.05, 3.63) is 35.4 Å². The van der Waals surface area contributed by atoms with Gasteiger partial charge in [0.25, 0.3) is 5.91 Å². The van der Waals surface area contributed by atoms with Gasteiger partial charge in [0.1, 0.15) is 0 Å². The number of benzene rings is 1. The second kappa shape index (κ2) is 4.45. The Kier molecular flexibility index (Phi) is 3.02. The van der Waals surface area contributed by atoms with Gasteiger partial charge in [-0.25, -0.2) is 0 Å². The lowest BCUT2D eigenvalue weighted by Gasteiger charge is -2.04. The minimum Gasteiger partial charge on any atom is -0.349 e. The maximum absolute atomic E-state index is 11.6. The number of hydrogen-bond donors (Lipinski definition) is 2.